The fraction of sp³-hybridized carbons (Fsp3) is 0.133. The van der Waals surface area contributed by atoms with E-state index in [4.69, 9.17) is 16.3 Å². The Labute approximate surface area is 131 Å². The van der Waals surface area contributed by atoms with E-state index in [-0.39, 0.29) is 11.4 Å². The first-order valence-electron chi connectivity index (χ1n) is 6.37. The van der Waals surface area contributed by atoms with Crippen LogP contribution in [0.5, 0.6) is 5.75 Å². The molecule has 2 aromatic rings. The van der Waals surface area contributed by atoms with Crippen LogP contribution < -0.4 is 10.1 Å². The zero-order chi connectivity index (χ0) is 16.3. The molecule has 0 aromatic heterocycles. The maximum atomic E-state index is 11.9. The van der Waals surface area contributed by atoms with Gasteiger partial charge in [0.15, 0.2) is 0 Å². The van der Waals surface area contributed by atoms with Crippen LogP contribution in [-0.2, 0) is 0 Å². The van der Waals surface area contributed by atoms with Crippen molar-refractivity contribution < 1.29 is 14.5 Å². The fourth-order valence-electron chi connectivity index (χ4n) is 1.86. The molecule has 0 spiro atoms. The van der Waals surface area contributed by atoms with Crippen LogP contribution in [0.15, 0.2) is 36.4 Å². The van der Waals surface area contributed by atoms with Gasteiger partial charge in [0.05, 0.1) is 4.92 Å². The van der Waals surface area contributed by atoms with Crippen LogP contribution in [0.25, 0.3) is 0 Å². The number of ether oxygens (including phenoxy) is 1. The molecule has 0 aliphatic heterocycles. The van der Waals surface area contributed by atoms with Gasteiger partial charge in [-0.05, 0) is 49.2 Å². The first-order valence-corrected chi connectivity index (χ1v) is 6.74. The minimum Gasteiger partial charge on any atom is -0.410 e. The summed E-state index contributed by atoms with van der Waals surface area (Å²) in [7, 11) is 0. The summed E-state index contributed by atoms with van der Waals surface area (Å²) in [4.78, 5) is 22.3. The Morgan fingerprint density at radius 1 is 1.23 bits per heavy atom. The van der Waals surface area contributed by atoms with Gasteiger partial charge in [-0.25, -0.2) is 4.79 Å². The summed E-state index contributed by atoms with van der Waals surface area (Å²) >= 11 is 5.82. The summed E-state index contributed by atoms with van der Waals surface area (Å²) in [5.74, 6) is 0.330. The maximum absolute atomic E-state index is 11.9. The molecule has 7 heteroatoms. The van der Waals surface area contributed by atoms with Crippen molar-refractivity contribution in [2.45, 2.75) is 13.8 Å². The smallest absolute Gasteiger partial charge is 0.410 e. The molecule has 1 N–H and O–H groups in total. The molecule has 0 bridgehead atoms. The molecule has 2 aromatic carbocycles. The van der Waals surface area contributed by atoms with Crippen LogP contribution in [0.1, 0.15) is 11.1 Å². The lowest BCUT2D eigenvalue weighted by Gasteiger charge is -2.09. The number of nitro benzene ring substituents is 1. The van der Waals surface area contributed by atoms with Gasteiger partial charge in [0.2, 0.25) is 0 Å². The predicted octanol–water partition coefficient (Wildman–Crippen LogP) is 4.48. The summed E-state index contributed by atoms with van der Waals surface area (Å²) in [6.45, 7) is 3.47. The first kappa shape index (κ1) is 15.8. The van der Waals surface area contributed by atoms with Crippen molar-refractivity contribution in [1.29, 1.82) is 0 Å². The lowest BCUT2D eigenvalue weighted by molar-refractivity contribution is -0.384. The molecular formula is C15H13ClN2O4. The molecule has 0 unspecified atom stereocenters. The number of nitrogens with one attached hydrogen (secondary N) is 1. The van der Waals surface area contributed by atoms with Crippen LogP contribution in [-0.4, -0.2) is 11.0 Å². The number of aryl methyl sites for hydroxylation is 2. The van der Waals surface area contributed by atoms with Gasteiger partial charge in [-0.1, -0.05) is 17.7 Å². The van der Waals surface area contributed by atoms with E-state index in [1.807, 2.05) is 0 Å². The number of halogens is 1. The lowest BCUT2D eigenvalue weighted by Crippen LogP contribution is -2.18. The van der Waals surface area contributed by atoms with Gasteiger partial charge in [0.1, 0.15) is 11.4 Å². The molecule has 2 rings (SSSR count). The van der Waals surface area contributed by atoms with Crippen LogP contribution in [0, 0.1) is 24.0 Å². The second kappa shape index (κ2) is 6.44. The van der Waals surface area contributed by atoms with Gasteiger partial charge in [-0.15, -0.1) is 0 Å². The standard InChI is InChI=1S/C15H13ClN2O4/c1-9-3-5-12(13(7-9)18(20)21)17-15(19)22-14-6-4-11(16)8-10(14)2/h3-8H,1-2H3,(H,17,19). The van der Waals surface area contributed by atoms with E-state index in [0.29, 0.717) is 16.3 Å². The van der Waals surface area contributed by atoms with E-state index >= 15 is 0 Å². The summed E-state index contributed by atoms with van der Waals surface area (Å²) in [5.41, 5.74) is 1.29. The lowest BCUT2D eigenvalue weighted by atomic mass is 10.2. The van der Waals surface area contributed by atoms with Gasteiger partial charge >= 0.3 is 6.09 Å². The second-order valence-corrected chi connectivity index (χ2v) is 5.14. The third-order valence-electron chi connectivity index (χ3n) is 2.93. The molecule has 0 fully saturated rings. The van der Waals surface area contributed by atoms with Gasteiger partial charge in [-0.3, -0.25) is 15.4 Å². The van der Waals surface area contributed by atoms with Gasteiger partial charge in [0, 0.05) is 11.1 Å². The van der Waals surface area contributed by atoms with Crippen LogP contribution in [0.4, 0.5) is 16.2 Å². The monoisotopic (exact) mass is 320 g/mol. The molecule has 0 heterocycles. The summed E-state index contributed by atoms with van der Waals surface area (Å²) in [5, 5.41) is 13.9. The van der Waals surface area contributed by atoms with E-state index in [0.717, 1.165) is 5.56 Å². The Kier molecular flexibility index (Phi) is 4.62. The van der Waals surface area contributed by atoms with Crippen molar-refractivity contribution in [1.82, 2.24) is 0 Å². The Morgan fingerprint density at radius 3 is 2.59 bits per heavy atom. The molecular weight excluding hydrogens is 308 g/mol. The number of rotatable bonds is 3. The summed E-state index contributed by atoms with van der Waals surface area (Å²) in [6, 6.07) is 9.30. The van der Waals surface area contributed by atoms with Crippen molar-refractivity contribution >= 4 is 29.1 Å². The van der Waals surface area contributed by atoms with Gasteiger partial charge in [0.25, 0.3) is 5.69 Å². The highest BCUT2D eigenvalue weighted by atomic mass is 35.5. The van der Waals surface area contributed by atoms with E-state index in [1.165, 1.54) is 12.1 Å². The second-order valence-electron chi connectivity index (χ2n) is 4.70. The number of anilines is 1. The Balaban J connectivity index is 2.17. The zero-order valence-electron chi connectivity index (χ0n) is 11.9. The van der Waals surface area contributed by atoms with E-state index in [9.17, 15) is 14.9 Å². The maximum Gasteiger partial charge on any atom is 0.417 e. The molecule has 0 aliphatic rings. The normalized spacial score (nSPS) is 10.1. The van der Waals surface area contributed by atoms with Crippen LogP contribution >= 0.6 is 11.6 Å². The van der Waals surface area contributed by atoms with Crippen molar-refractivity contribution in [2.75, 3.05) is 5.32 Å². The minimum absolute atomic E-state index is 0.0761. The predicted molar refractivity (Wildman–Crippen MR) is 83.7 cm³/mol. The third-order valence-corrected chi connectivity index (χ3v) is 3.16. The number of hydrogen-bond acceptors (Lipinski definition) is 4. The van der Waals surface area contributed by atoms with Crippen molar-refractivity contribution in [2.24, 2.45) is 0 Å². The molecule has 6 nitrogen and oxygen atoms in total. The van der Waals surface area contributed by atoms with E-state index < -0.39 is 11.0 Å². The summed E-state index contributed by atoms with van der Waals surface area (Å²) < 4.78 is 5.14. The van der Waals surface area contributed by atoms with Crippen molar-refractivity contribution in [3.63, 3.8) is 0 Å². The van der Waals surface area contributed by atoms with Crippen LogP contribution in [0.2, 0.25) is 5.02 Å². The largest absolute Gasteiger partial charge is 0.417 e. The van der Waals surface area contributed by atoms with Gasteiger partial charge in [-0.2, -0.15) is 0 Å². The number of hydrogen-bond donors (Lipinski definition) is 1. The number of carbonyl (C=O) groups is 1. The molecule has 114 valence electrons. The Hall–Kier alpha value is -2.60. The summed E-state index contributed by atoms with van der Waals surface area (Å²) in [6.07, 6.45) is -0.808. The van der Waals surface area contributed by atoms with Crippen LogP contribution in [0.3, 0.4) is 0 Å². The highest BCUT2D eigenvalue weighted by Gasteiger charge is 2.17. The number of nitrogens with zero attached hydrogens (tertiary/aromatic N) is 1. The Bertz CT molecular complexity index is 746. The molecule has 1 amide bonds. The minimum atomic E-state index is -0.808. The van der Waals surface area contributed by atoms with Gasteiger partial charge < -0.3 is 4.74 Å². The number of benzene rings is 2. The molecule has 0 atom stereocenters. The molecule has 22 heavy (non-hydrogen) atoms. The topological polar surface area (TPSA) is 81.5 Å². The highest BCUT2D eigenvalue weighted by Crippen LogP contribution is 2.26. The molecule has 0 aliphatic carbocycles. The van der Waals surface area contributed by atoms with E-state index in [2.05, 4.69) is 5.32 Å². The van der Waals surface area contributed by atoms with Crippen molar-refractivity contribution in [3.8, 4) is 5.75 Å². The molecule has 0 radical (unpaired) electrons. The Morgan fingerprint density at radius 2 is 1.95 bits per heavy atom. The number of carbonyl (C=O) groups excluding carboxylic acids is 1. The average Bonchev–Trinajstić information content (AvgIpc) is 2.43. The number of amides is 1. The van der Waals surface area contributed by atoms with Crippen molar-refractivity contribution in [3.05, 3.63) is 62.7 Å². The molecule has 0 saturated heterocycles. The average molecular weight is 321 g/mol. The fourth-order valence-corrected chi connectivity index (χ4v) is 2.09. The zero-order valence-corrected chi connectivity index (χ0v) is 12.7. The first-order chi connectivity index (χ1) is 10.4. The third kappa shape index (κ3) is 3.73. The SMILES string of the molecule is Cc1ccc(NC(=O)Oc2ccc(Cl)cc2C)c([N+](=O)[O-])c1. The highest BCUT2D eigenvalue weighted by molar-refractivity contribution is 6.30. The quantitative estimate of drug-likeness (QED) is 0.668. The number of nitro groups is 1. The molecule has 0 saturated carbocycles. The van der Waals surface area contributed by atoms with E-state index in [1.54, 1.807) is 38.1 Å².